The van der Waals surface area contributed by atoms with Crippen LogP contribution in [0.5, 0.6) is 0 Å². The van der Waals surface area contributed by atoms with Crippen molar-refractivity contribution in [2.75, 3.05) is 6.54 Å². The summed E-state index contributed by atoms with van der Waals surface area (Å²) in [7, 11) is 119. The summed E-state index contributed by atoms with van der Waals surface area (Å²) in [5, 5.41) is 10.8. The Hall–Kier alpha value is 14.2. The van der Waals surface area contributed by atoms with Gasteiger partial charge in [-0.2, -0.15) is 25.3 Å². The zero-order chi connectivity index (χ0) is 65.8. The zero-order valence-corrected chi connectivity index (χ0v) is 98.3. The van der Waals surface area contributed by atoms with E-state index >= 15 is 0 Å². The molecule has 74 heteroatoms. The van der Waals surface area contributed by atoms with Crippen LogP contribution < -0.4 is 5.32 Å². The second-order valence-electron chi connectivity index (χ2n) is 10.5. The Morgan fingerprint density at radius 1 is 0.315 bits per heavy atom. The van der Waals surface area contributed by atoms with Crippen LogP contribution in [0.4, 0.5) is 0 Å². The van der Waals surface area contributed by atoms with Crippen LogP contribution in [0, 0.1) is 12.3 Å². The molecule has 0 aromatic carbocycles. The molecule has 0 bridgehead atoms. The van der Waals surface area contributed by atoms with Crippen molar-refractivity contribution in [1.29, 1.82) is 0 Å². The van der Waals surface area contributed by atoms with E-state index in [0.717, 1.165) is 6.42 Å². The molecule has 0 unspecified atom stereocenters. The molecular formula is C15H27NO3S70. The third kappa shape index (κ3) is 113. The van der Waals surface area contributed by atoms with E-state index in [9.17, 15) is 9.59 Å². The SMILES string of the molecule is C#CCNC(=O)CCC(C)(C)S.CC(C)(S)CCC(=O)O.S=S=S=S=S=S=S=S=S=S=S=S=S=S=S=S=S=S=S=S=S=S=S=S=S=S=S=S=S=S=S=S=S=S=S=S=S=S=S=S=S=S=S=S=S=S=S=S=S=S=S=S=S=S=S=S=S=S=S=S=S=S=S=S=S=S=S=S. The largest absolute Gasteiger partial charge is 0.481 e. The highest BCUT2D eigenvalue weighted by atomic mass is 33.5. The number of thiol groups is 2. The average molecular weight is 2510 g/mol. The van der Waals surface area contributed by atoms with Crippen LogP contribution in [0.25, 0.3) is 0 Å². The molecule has 0 aromatic heterocycles. The van der Waals surface area contributed by atoms with Gasteiger partial charge in [-0.1, -0.05) is 33.6 Å². The Morgan fingerprint density at radius 3 is 0.551 bits per heavy atom. The van der Waals surface area contributed by atoms with Gasteiger partial charge in [-0.3, -0.25) is 9.59 Å². The lowest BCUT2D eigenvalue weighted by atomic mass is 10.1. The molecule has 0 fully saturated rings. The first-order chi connectivity index (χ1) is 43.3. The summed E-state index contributed by atoms with van der Waals surface area (Å²) in [5.41, 5.74) is 0. The number of terminal acetylenes is 1. The number of carboxylic acid groups (broad SMARTS) is 1. The summed E-state index contributed by atoms with van der Waals surface area (Å²) in [6.07, 6.45) is 7.04. The lowest BCUT2D eigenvalue weighted by molar-refractivity contribution is -0.137. The highest BCUT2D eigenvalue weighted by Gasteiger charge is 2.13. The Bertz CT molecular complexity index is 5440. The fraction of sp³-hybridized carbons (Fsp3) is 0.733. The minimum Gasteiger partial charge on any atom is -0.481 e. The minimum atomic E-state index is -0.753. The second kappa shape index (κ2) is 94.5. The van der Waals surface area contributed by atoms with Crippen LogP contribution in [0.3, 0.4) is 0 Å². The number of carbonyl (C=O) groups excluding carboxylic acids is 1. The molecule has 0 rings (SSSR count). The lowest BCUT2D eigenvalue weighted by Gasteiger charge is -2.15. The first kappa shape index (κ1) is 107. The van der Waals surface area contributed by atoms with Gasteiger partial charge in [-0.05, 0) is 12.8 Å². The molecule has 0 saturated heterocycles. The molecule has 2 N–H and O–H groups in total. The number of rotatable bonds is 7. The van der Waals surface area contributed by atoms with E-state index in [1.165, 1.54) is 17.8 Å². The molecule has 0 heterocycles. The van der Waals surface area contributed by atoms with Crippen molar-refractivity contribution in [2.24, 2.45) is 0 Å². The summed E-state index contributed by atoms with van der Waals surface area (Å²) in [6, 6.07) is 0. The number of amides is 1. The second-order valence-corrected chi connectivity index (χ2v) is 130. The predicted octanol–water partition coefficient (Wildman–Crippen LogP) is 2.62. The minimum absolute atomic E-state index is 0.00456. The standard InChI is InChI=1S/C9H15NOS.C6H12O2S.S68/c1-4-7-10-8(11)5-6-9(2,3)12;1-6(2,9)4-3-5(7)8;1-3-5-7-9-11-13-15-17-19-21-23-25-27-29-31-33-35-37-39-41-43-45-47-49-51-53-55-57-59-61-63-65-67-68-66-64-62-60-58-56-54-52-50-48-46-44-42-40-38-36-34-32-30-28-26-24-22-20-18-16-14-12-10-8-6-4-2/h1,12H,5-7H2,2-3H3,(H,10,11);9H,3-4H2,1-2H3,(H,7,8);. The summed E-state index contributed by atoms with van der Waals surface area (Å²) >= 11 is 18.1. The van der Waals surface area contributed by atoms with Gasteiger partial charge >= 0.3 is 5.97 Å². The van der Waals surface area contributed by atoms with E-state index < -0.39 is 5.97 Å². The molecule has 0 aromatic rings. The lowest BCUT2D eigenvalue weighted by Crippen LogP contribution is -2.25. The van der Waals surface area contributed by atoms with Gasteiger partial charge in [0.05, 0.1) is 6.54 Å². The third-order valence-electron chi connectivity index (χ3n) is 4.11. The smallest absolute Gasteiger partial charge is 0.303 e. The first-order valence-corrected chi connectivity index (χ1v) is 108. The van der Waals surface area contributed by atoms with Crippen molar-refractivity contribution in [3.8, 4) is 12.3 Å². The monoisotopic (exact) mass is 2510 g/mol. The maximum atomic E-state index is 11.0. The Kier molecular flexibility index (Phi) is 114. The molecule has 89 heavy (non-hydrogen) atoms. The third-order valence-corrected chi connectivity index (χ3v) is 149. The van der Waals surface area contributed by atoms with Gasteiger partial charge in [0.1, 0.15) is 0 Å². The van der Waals surface area contributed by atoms with Gasteiger partial charge in [-0.25, -0.2) is 0 Å². The predicted molar refractivity (Wildman–Crippen MR) is 595 cm³/mol. The molecule has 530 valence electrons. The fourth-order valence-electron chi connectivity index (χ4n) is 1.80. The quantitative estimate of drug-likeness (QED) is 0.234. The molecule has 0 aliphatic heterocycles. The van der Waals surface area contributed by atoms with E-state index in [0.29, 0.717) is 19.4 Å². The van der Waals surface area contributed by atoms with Gasteiger partial charge < -0.3 is 10.4 Å². The average Bonchev–Trinajstić information content (AvgIpc) is 3.51. The number of carboxylic acids is 1. The van der Waals surface area contributed by atoms with Gasteiger partial charge in [0.2, 0.25) is 5.91 Å². The zero-order valence-electron chi connectivity index (χ0n) is 41.0. The van der Waals surface area contributed by atoms with Crippen LogP contribution in [0.1, 0.15) is 53.4 Å². The van der Waals surface area contributed by atoms with Crippen LogP contribution in [-0.4, -0.2) is 33.0 Å². The van der Waals surface area contributed by atoms with Gasteiger partial charge in [-0.15, -0.1) is 6.42 Å². The first-order valence-electron chi connectivity index (χ1n) is 17.9. The summed E-state index contributed by atoms with van der Waals surface area (Å²) in [4.78, 5) is 21.0. The molecule has 1 amide bonds. The van der Waals surface area contributed by atoms with Crippen molar-refractivity contribution in [2.45, 2.75) is 62.9 Å². The molecule has 4 nitrogen and oxygen atoms in total. The molecule has 0 spiro atoms. The van der Waals surface area contributed by atoms with E-state index in [1.54, 1.807) is 107 Å². The summed E-state index contributed by atoms with van der Waals surface area (Å²) < 4.78 is -0.244. The molecular weight excluding hydrogens is 2490 g/mol. The van der Waals surface area contributed by atoms with Crippen molar-refractivity contribution < 1.29 is 14.7 Å². The van der Waals surface area contributed by atoms with Crippen LogP contribution in [0.15, 0.2) is 0 Å². The van der Waals surface area contributed by atoms with Crippen LogP contribution in [0.2, 0.25) is 0 Å². The van der Waals surface area contributed by atoms with E-state index in [-0.39, 0.29) is 21.8 Å². The number of hydrogen-bond donors (Lipinski definition) is 4. The molecule has 0 aliphatic rings. The van der Waals surface area contributed by atoms with Crippen LogP contribution in [-0.2, 0) is 618 Å². The van der Waals surface area contributed by atoms with Gasteiger partial charge in [0, 0.05) is 631 Å². The van der Waals surface area contributed by atoms with Crippen LogP contribution >= 0.6 is 25.3 Å². The molecule has 0 aliphatic carbocycles. The van der Waals surface area contributed by atoms with Gasteiger partial charge in [0.25, 0.3) is 0 Å². The molecule has 0 atom stereocenters. The fourth-order valence-corrected chi connectivity index (χ4v) is 178. The Morgan fingerprint density at radius 2 is 0.449 bits per heavy atom. The molecule has 0 saturated carbocycles. The maximum Gasteiger partial charge on any atom is 0.303 e. The van der Waals surface area contributed by atoms with Crippen molar-refractivity contribution in [3.63, 3.8) is 0 Å². The van der Waals surface area contributed by atoms with Crippen molar-refractivity contribution in [1.82, 2.24) is 5.32 Å². The number of carbonyl (C=O) groups is 2. The van der Waals surface area contributed by atoms with E-state index in [4.69, 9.17) is 33.9 Å². The van der Waals surface area contributed by atoms with Gasteiger partial charge in [0.15, 0.2) is 0 Å². The highest BCUT2D eigenvalue weighted by molar-refractivity contribution is 8.84. The Balaban J connectivity index is -0.00000295. The van der Waals surface area contributed by atoms with Crippen molar-refractivity contribution in [3.05, 3.63) is 0 Å². The van der Waals surface area contributed by atoms with E-state index in [2.05, 4.69) is 36.5 Å². The number of nitrogens with one attached hydrogen (secondary N) is 1. The summed E-state index contributed by atoms with van der Waals surface area (Å²) in [5.74, 6) is 1.59. The number of aliphatic carboxylic acids is 1. The van der Waals surface area contributed by atoms with Crippen molar-refractivity contribution >= 4 is 646 Å². The normalized spacial score (nSPS) is 8.55. The molecule has 0 radical (unpaired) electrons. The Labute approximate surface area is 727 Å². The number of hydrogen-bond acceptors (Lipinski definition) is 6. The topological polar surface area (TPSA) is 66.4 Å². The summed E-state index contributed by atoms with van der Waals surface area (Å²) in [6.45, 7) is 8.07. The maximum absolute atomic E-state index is 11.0. The highest BCUT2D eigenvalue weighted by Crippen LogP contribution is 2.19. The van der Waals surface area contributed by atoms with E-state index in [1.807, 2.05) is 489 Å².